The lowest BCUT2D eigenvalue weighted by Gasteiger charge is -2.14. The maximum Gasteiger partial charge on any atom is 0.164 e. The van der Waals surface area contributed by atoms with E-state index >= 15 is 0 Å². The number of benzene rings is 8. The van der Waals surface area contributed by atoms with E-state index in [4.69, 9.17) is 19.4 Å². The highest BCUT2D eigenvalue weighted by Crippen LogP contribution is 2.38. The molecule has 4 nitrogen and oxygen atoms in total. The normalized spacial score (nSPS) is 11.3. The summed E-state index contributed by atoms with van der Waals surface area (Å²) in [5, 5.41) is 2.01. The Balaban J connectivity index is 1.01. The minimum atomic E-state index is 0.592. The standard InChI is InChI=1S/C54H37N3O/c1-3-36-33-43(41-29-27-40(28-30-41)39-25-23-38(24-26-39)37-13-6-4-7-14-37)31-32-45(36)48-34-44(22-21-35(48)2)53-55-52(42-15-8-5-9-16-42)56-54(57-53)47-18-12-20-50-51(47)46-17-10-11-19-49(46)58-50/h3-34H,1H2,2H3. The molecule has 0 atom stereocenters. The monoisotopic (exact) mass is 743 g/mol. The van der Waals surface area contributed by atoms with Crippen molar-refractivity contribution in [2.24, 2.45) is 0 Å². The second-order valence-corrected chi connectivity index (χ2v) is 14.5. The van der Waals surface area contributed by atoms with Crippen molar-refractivity contribution in [1.29, 1.82) is 0 Å². The number of para-hydroxylation sites is 1. The SMILES string of the molecule is C=Cc1cc(-c2ccc(-c3ccc(-c4ccccc4)cc3)cc2)ccc1-c1cc(-c2nc(-c3ccccc3)nc(-c3cccc4oc5ccccc5c34)n2)ccc1C. The van der Waals surface area contributed by atoms with E-state index in [9.17, 15) is 0 Å². The summed E-state index contributed by atoms with van der Waals surface area (Å²) in [7, 11) is 0. The molecule has 0 fully saturated rings. The molecule has 0 N–H and O–H groups in total. The fourth-order valence-electron chi connectivity index (χ4n) is 7.85. The lowest BCUT2D eigenvalue weighted by molar-refractivity contribution is 0.669. The largest absolute Gasteiger partial charge is 0.456 e. The van der Waals surface area contributed by atoms with Gasteiger partial charge >= 0.3 is 0 Å². The second-order valence-electron chi connectivity index (χ2n) is 14.5. The van der Waals surface area contributed by atoms with E-state index in [1.807, 2.05) is 72.8 Å². The third-order valence-electron chi connectivity index (χ3n) is 10.9. The summed E-state index contributed by atoms with van der Waals surface area (Å²) in [6.07, 6.45) is 1.94. The van der Waals surface area contributed by atoms with E-state index in [1.165, 1.54) is 22.3 Å². The first-order valence-electron chi connectivity index (χ1n) is 19.5. The Labute approximate surface area is 337 Å². The Morgan fingerprint density at radius 3 is 1.59 bits per heavy atom. The quantitative estimate of drug-likeness (QED) is 0.155. The summed E-state index contributed by atoms with van der Waals surface area (Å²) in [5.41, 5.74) is 15.8. The minimum Gasteiger partial charge on any atom is -0.456 e. The summed E-state index contributed by atoms with van der Waals surface area (Å²) >= 11 is 0. The molecule has 10 rings (SSSR count). The Morgan fingerprint density at radius 2 is 0.914 bits per heavy atom. The predicted molar refractivity (Wildman–Crippen MR) is 240 cm³/mol. The average molecular weight is 744 g/mol. The van der Waals surface area contributed by atoms with Gasteiger partial charge in [-0.15, -0.1) is 0 Å². The van der Waals surface area contributed by atoms with Crippen molar-refractivity contribution < 1.29 is 4.42 Å². The first-order valence-corrected chi connectivity index (χ1v) is 19.5. The number of hydrogen-bond acceptors (Lipinski definition) is 4. The van der Waals surface area contributed by atoms with Gasteiger partial charge in [-0.05, 0) is 86.8 Å². The molecule has 0 radical (unpaired) electrons. The highest BCUT2D eigenvalue weighted by atomic mass is 16.3. The highest BCUT2D eigenvalue weighted by Gasteiger charge is 2.19. The molecule has 0 aliphatic heterocycles. The fourth-order valence-corrected chi connectivity index (χ4v) is 7.85. The van der Waals surface area contributed by atoms with Crippen LogP contribution >= 0.6 is 0 Å². The van der Waals surface area contributed by atoms with Crippen LogP contribution in [0.15, 0.2) is 199 Å². The second kappa shape index (κ2) is 14.8. The van der Waals surface area contributed by atoms with Crippen LogP contribution in [0, 0.1) is 6.92 Å². The first kappa shape index (κ1) is 34.8. The summed E-state index contributed by atoms with van der Waals surface area (Å²) in [4.78, 5) is 15.3. The van der Waals surface area contributed by atoms with Crippen molar-refractivity contribution in [1.82, 2.24) is 15.0 Å². The van der Waals surface area contributed by atoms with E-state index in [0.717, 1.165) is 72.0 Å². The molecular weight excluding hydrogens is 707 g/mol. The van der Waals surface area contributed by atoms with Gasteiger partial charge in [0.1, 0.15) is 11.2 Å². The average Bonchev–Trinajstić information content (AvgIpc) is 3.69. The minimum absolute atomic E-state index is 0.592. The van der Waals surface area contributed by atoms with Crippen molar-refractivity contribution in [3.05, 3.63) is 206 Å². The number of aryl methyl sites for hydroxylation is 1. The van der Waals surface area contributed by atoms with Crippen molar-refractivity contribution in [2.45, 2.75) is 6.92 Å². The van der Waals surface area contributed by atoms with Gasteiger partial charge in [0.15, 0.2) is 17.5 Å². The van der Waals surface area contributed by atoms with Crippen LogP contribution in [-0.4, -0.2) is 15.0 Å². The van der Waals surface area contributed by atoms with Gasteiger partial charge in [0.05, 0.1) is 0 Å². The lowest BCUT2D eigenvalue weighted by atomic mass is 9.91. The molecule has 0 unspecified atom stereocenters. The van der Waals surface area contributed by atoms with Crippen LogP contribution < -0.4 is 0 Å². The number of hydrogen-bond donors (Lipinski definition) is 0. The molecule has 10 aromatic rings. The van der Waals surface area contributed by atoms with Crippen molar-refractivity contribution >= 4 is 28.0 Å². The molecule has 0 saturated heterocycles. The number of nitrogens with zero attached hydrogens (tertiary/aromatic N) is 3. The van der Waals surface area contributed by atoms with Crippen LogP contribution in [0.2, 0.25) is 0 Å². The van der Waals surface area contributed by atoms with E-state index in [2.05, 4.69) is 135 Å². The third-order valence-corrected chi connectivity index (χ3v) is 10.9. The van der Waals surface area contributed by atoms with Crippen LogP contribution in [0.4, 0.5) is 0 Å². The van der Waals surface area contributed by atoms with Crippen LogP contribution in [0.25, 0.3) is 107 Å². The van der Waals surface area contributed by atoms with Crippen LogP contribution in [0.3, 0.4) is 0 Å². The topological polar surface area (TPSA) is 51.8 Å². The number of fused-ring (bicyclic) bond motifs is 3. The molecule has 8 aromatic carbocycles. The van der Waals surface area contributed by atoms with Gasteiger partial charge in [-0.2, -0.15) is 0 Å². The highest BCUT2D eigenvalue weighted by molar-refractivity contribution is 6.11. The molecule has 274 valence electrons. The van der Waals surface area contributed by atoms with Gasteiger partial charge in [0.25, 0.3) is 0 Å². The van der Waals surface area contributed by atoms with Crippen molar-refractivity contribution in [3.63, 3.8) is 0 Å². The maximum absolute atomic E-state index is 6.24. The van der Waals surface area contributed by atoms with Gasteiger partial charge in [-0.3, -0.25) is 0 Å². The zero-order valence-corrected chi connectivity index (χ0v) is 31.9. The zero-order chi connectivity index (χ0) is 39.0. The molecule has 2 heterocycles. The Bertz CT molecular complexity index is 3110. The molecule has 0 spiro atoms. The van der Waals surface area contributed by atoms with Crippen LogP contribution in [0.1, 0.15) is 11.1 Å². The smallest absolute Gasteiger partial charge is 0.164 e. The Kier molecular flexibility index (Phi) is 8.85. The van der Waals surface area contributed by atoms with E-state index in [-0.39, 0.29) is 0 Å². The van der Waals surface area contributed by atoms with Gasteiger partial charge in [-0.1, -0.05) is 176 Å². The van der Waals surface area contributed by atoms with Crippen molar-refractivity contribution in [2.75, 3.05) is 0 Å². The third kappa shape index (κ3) is 6.47. The van der Waals surface area contributed by atoms with E-state index < -0.39 is 0 Å². The summed E-state index contributed by atoms with van der Waals surface area (Å²) in [6.45, 7) is 6.38. The molecule has 2 aromatic heterocycles. The zero-order valence-electron chi connectivity index (χ0n) is 31.9. The molecule has 0 aliphatic rings. The molecule has 0 bridgehead atoms. The Hall–Kier alpha value is -7.69. The van der Waals surface area contributed by atoms with E-state index in [0.29, 0.717) is 17.5 Å². The summed E-state index contributed by atoms with van der Waals surface area (Å²) in [6, 6.07) is 65.3. The molecule has 58 heavy (non-hydrogen) atoms. The Morgan fingerprint density at radius 1 is 0.397 bits per heavy atom. The molecule has 0 saturated carbocycles. The maximum atomic E-state index is 6.24. The number of aromatic nitrogens is 3. The van der Waals surface area contributed by atoms with Gasteiger partial charge in [0.2, 0.25) is 0 Å². The number of furan rings is 1. The predicted octanol–water partition coefficient (Wildman–Crippen LogP) is 14.4. The first-order chi connectivity index (χ1) is 28.6. The molecule has 0 aliphatic carbocycles. The lowest BCUT2D eigenvalue weighted by Crippen LogP contribution is -2.01. The van der Waals surface area contributed by atoms with Gasteiger partial charge < -0.3 is 4.42 Å². The number of rotatable bonds is 8. The summed E-state index contributed by atoms with van der Waals surface area (Å²) in [5.74, 6) is 1.80. The fraction of sp³-hybridized carbons (Fsp3) is 0.0185. The van der Waals surface area contributed by atoms with Crippen molar-refractivity contribution in [3.8, 4) is 78.7 Å². The van der Waals surface area contributed by atoms with Crippen LogP contribution in [0.5, 0.6) is 0 Å². The van der Waals surface area contributed by atoms with Crippen LogP contribution in [-0.2, 0) is 0 Å². The molecule has 4 heteroatoms. The molecule has 0 amide bonds. The molecular formula is C54H37N3O. The van der Waals surface area contributed by atoms with E-state index in [1.54, 1.807) is 0 Å². The van der Waals surface area contributed by atoms with Gasteiger partial charge in [0, 0.05) is 27.5 Å². The van der Waals surface area contributed by atoms with Gasteiger partial charge in [-0.25, -0.2) is 15.0 Å². The summed E-state index contributed by atoms with van der Waals surface area (Å²) < 4.78 is 6.24.